The van der Waals surface area contributed by atoms with Crippen molar-refractivity contribution >= 4 is 11.9 Å². The molecule has 0 fully saturated rings. The van der Waals surface area contributed by atoms with Gasteiger partial charge in [0.05, 0.1) is 25.4 Å². The quantitative estimate of drug-likeness (QED) is 0.0321. The maximum atomic E-state index is 12.5. The van der Waals surface area contributed by atoms with Gasteiger partial charge in [0.1, 0.15) is 0 Å². The van der Waals surface area contributed by atoms with Crippen LogP contribution in [0.2, 0.25) is 0 Å². The zero-order valence-electron chi connectivity index (χ0n) is 45.3. The van der Waals surface area contributed by atoms with Crippen LogP contribution in [0.3, 0.4) is 0 Å². The molecule has 68 heavy (non-hydrogen) atoms. The molecule has 0 aliphatic rings. The number of carbonyl (C=O) groups excluding carboxylic acids is 2. The minimum atomic E-state index is -0.857. The summed E-state index contributed by atoms with van der Waals surface area (Å²) in [5, 5.41) is 23.2. The zero-order valence-corrected chi connectivity index (χ0v) is 45.3. The monoisotopic (exact) mass is 954 g/mol. The Morgan fingerprint density at radius 3 is 1.15 bits per heavy atom. The summed E-state index contributed by atoms with van der Waals surface area (Å²) in [5.74, 6) is -0.102. The first-order chi connectivity index (χ1) is 33.5. The van der Waals surface area contributed by atoms with Crippen molar-refractivity contribution in [3.05, 3.63) is 48.6 Å². The van der Waals surface area contributed by atoms with Crippen LogP contribution in [0.5, 0.6) is 0 Å². The molecule has 0 rings (SSSR count). The largest absolute Gasteiger partial charge is 0.466 e. The van der Waals surface area contributed by atoms with Gasteiger partial charge in [0.15, 0.2) is 0 Å². The van der Waals surface area contributed by atoms with Crippen LogP contribution < -0.4 is 5.32 Å². The average molecular weight is 955 g/mol. The van der Waals surface area contributed by atoms with E-state index in [-0.39, 0.29) is 18.5 Å². The Kier molecular flexibility index (Phi) is 55.6. The van der Waals surface area contributed by atoms with Crippen molar-refractivity contribution in [2.75, 3.05) is 13.2 Å². The molecule has 0 bridgehead atoms. The van der Waals surface area contributed by atoms with E-state index in [9.17, 15) is 19.8 Å². The summed E-state index contributed by atoms with van der Waals surface area (Å²) < 4.78 is 5.47. The smallest absolute Gasteiger partial charge is 0.305 e. The molecule has 6 heteroatoms. The SMILES string of the molecule is CCCCCC/C=C\C/C=C\CCCCCCCC(=O)OCCCCCCCCC/C=C\CCCCCCCC(=O)NC(CO)C(O)/C=C/CCCCCCCCCCCCCCCCCCC. The predicted molar refractivity (Wildman–Crippen MR) is 296 cm³/mol. The van der Waals surface area contributed by atoms with Crippen molar-refractivity contribution in [1.29, 1.82) is 0 Å². The molecule has 2 unspecified atom stereocenters. The van der Waals surface area contributed by atoms with Crippen LogP contribution in [-0.2, 0) is 14.3 Å². The maximum absolute atomic E-state index is 12.5. The second kappa shape index (κ2) is 57.4. The summed E-state index contributed by atoms with van der Waals surface area (Å²) in [6.07, 6.45) is 72.7. The molecule has 0 radical (unpaired) electrons. The number of nitrogens with one attached hydrogen (secondary N) is 1. The van der Waals surface area contributed by atoms with E-state index in [1.165, 1.54) is 212 Å². The van der Waals surface area contributed by atoms with Crippen molar-refractivity contribution in [1.82, 2.24) is 5.32 Å². The molecule has 3 N–H and O–H groups in total. The van der Waals surface area contributed by atoms with E-state index in [2.05, 4.69) is 55.6 Å². The highest BCUT2D eigenvalue weighted by Crippen LogP contribution is 2.16. The minimum absolute atomic E-state index is 0.0175. The van der Waals surface area contributed by atoms with Crippen molar-refractivity contribution in [2.45, 2.75) is 321 Å². The van der Waals surface area contributed by atoms with Gasteiger partial charge < -0.3 is 20.3 Å². The average Bonchev–Trinajstić information content (AvgIpc) is 3.34. The van der Waals surface area contributed by atoms with E-state index in [1.54, 1.807) is 6.08 Å². The van der Waals surface area contributed by atoms with Crippen LogP contribution >= 0.6 is 0 Å². The van der Waals surface area contributed by atoms with Gasteiger partial charge in [-0.05, 0) is 89.9 Å². The van der Waals surface area contributed by atoms with Crippen LogP contribution in [0.4, 0.5) is 0 Å². The van der Waals surface area contributed by atoms with E-state index < -0.39 is 12.1 Å². The standard InChI is InChI=1S/C62H115NO5/c1-3-5-7-9-11-13-15-17-19-21-22-23-26-30-34-38-42-46-50-54-60(65)59(58-64)63-61(66)55-51-47-43-39-35-31-27-24-25-29-33-37-41-45-49-53-57-68-62(67)56-52-48-44-40-36-32-28-20-18-16-14-12-10-8-6-4-2/h14,16,20,24,27-28,50,54,59-60,64-65H,3-13,15,17-19,21-23,25-26,29-49,51-53,55-58H2,1-2H3,(H,63,66)/b16-14-,27-24-,28-20-,54-50+. The van der Waals surface area contributed by atoms with Gasteiger partial charge >= 0.3 is 5.97 Å². The number of rotatable bonds is 55. The Bertz CT molecular complexity index is 1150. The Morgan fingerprint density at radius 1 is 0.412 bits per heavy atom. The first-order valence-corrected chi connectivity index (χ1v) is 29.9. The molecule has 1 amide bonds. The number of hydrogen-bond donors (Lipinski definition) is 3. The summed E-state index contributed by atoms with van der Waals surface area (Å²) in [6, 6.07) is -0.642. The van der Waals surface area contributed by atoms with Crippen molar-refractivity contribution in [2.24, 2.45) is 0 Å². The number of unbranched alkanes of at least 4 members (excludes halogenated alkanes) is 38. The van der Waals surface area contributed by atoms with Crippen LogP contribution in [0, 0.1) is 0 Å². The van der Waals surface area contributed by atoms with Crippen LogP contribution in [0.15, 0.2) is 48.6 Å². The first kappa shape index (κ1) is 65.8. The van der Waals surface area contributed by atoms with Gasteiger partial charge in [-0.15, -0.1) is 0 Å². The number of ether oxygens (including phenoxy) is 1. The fraction of sp³-hybridized carbons (Fsp3) is 0.839. The van der Waals surface area contributed by atoms with Gasteiger partial charge in [0, 0.05) is 12.8 Å². The van der Waals surface area contributed by atoms with E-state index in [4.69, 9.17) is 4.74 Å². The minimum Gasteiger partial charge on any atom is -0.466 e. The summed E-state index contributed by atoms with van der Waals surface area (Å²) >= 11 is 0. The summed E-state index contributed by atoms with van der Waals surface area (Å²) in [5.41, 5.74) is 0. The molecule has 2 atom stereocenters. The Morgan fingerprint density at radius 2 is 0.735 bits per heavy atom. The van der Waals surface area contributed by atoms with E-state index in [0.717, 1.165) is 70.6 Å². The van der Waals surface area contributed by atoms with Crippen molar-refractivity contribution in [3.63, 3.8) is 0 Å². The lowest BCUT2D eigenvalue weighted by atomic mass is 10.0. The van der Waals surface area contributed by atoms with Gasteiger partial charge in [-0.25, -0.2) is 0 Å². The molecular weight excluding hydrogens is 839 g/mol. The Balaban J connectivity index is 3.51. The molecule has 0 spiro atoms. The Labute approximate surface area is 423 Å². The number of carbonyl (C=O) groups is 2. The van der Waals surface area contributed by atoms with Gasteiger partial charge in [-0.2, -0.15) is 0 Å². The predicted octanol–water partition coefficient (Wildman–Crippen LogP) is 18.6. The molecule has 0 saturated carbocycles. The molecule has 0 aromatic heterocycles. The number of hydrogen-bond acceptors (Lipinski definition) is 5. The first-order valence-electron chi connectivity index (χ1n) is 29.9. The molecule has 0 aromatic rings. The van der Waals surface area contributed by atoms with Gasteiger partial charge in [0.2, 0.25) is 5.91 Å². The lowest BCUT2D eigenvalue weighted by Gasteiger charge is -2.20. The maximum Gasteiger partial charge on any atom is 0.305 e. The third-order valence-corrected chi connectivity index (χ3v) is 13.6. The number of esters is 1. The topological polar surface area (TPSA) is 95.9 Å². The molecule has 0 aromatic carbocycles. The second-order valence-corrected chi connectivity index (χ2v) is 20.3. The number of aliphatic hydroxyl groups excluding tert-OH is 2. The Hall–Kier alpha value is -2.18. The van der Waals surface area contributed by atoms with Crippen molar-refractivity contribution in [3.8, 4) is 0 Å². The highest BCUT2D eigenvalue weighted by atomic mass is 16.5. The van der Waals surface area contributed by atoms with Gasteiger partial charge in [-0.1, -0.05) is 255 Å². The zero-order chi connectivity index (χ0) is 49.3. The molecule has 0 aliphatic carbocycles. The lowest BCUT2D eigenvalue weighted by molar-refractivity contribution is -0.143. The van der Waals surface area contributed by atoms with Crippen LogP contribution in [0.1, 0.15) is 309 Å². The normalized spacial score (nSPS) is 12.9. The summed E-state index contributed by atoms with van der Waals surface area (Å²) in [7, 11) is 0. The third-order valence-electron chi connectivity index (χ3n) is 13.6. The molecule has 6 nitrogen and oxygen atoms in total. The third kappa shape index (κ3) is 53.2. The molecule has 0 heterocycles. The van der Waals surface area contributed by atoms with Crippen LogP contribution in [0.25, 0.3) is 0 Å². The van der Waals surface area contributed by atoms with E-state index in [1.807, 2.05) is 6.08 Å². The van der Waals surface area contributed by atoms with Gasteiger partial charge in [0.25, 0.3) is 0 Å². The molecule has 0 aliphatic heterocycles. The number of amides is 1. The number of aliphatic hydroxyl groups is 2. The van der Waals surface area contributed by atoms with E-state index >= 15 is 0 Å². The molecule has 398 valence electrons. The van der Waals surface area contributed by atoms with Gasteiger partial charge in [-0.3, -0.25) is 9.59 Å². The fourth-order valence-electron chi connectivity index (χ4n) is 8.95. The van der Waals surface area contributed by atoms with Crippen molar-refractivity contribution < 1.29 is 24.5 Å². The van der Waals surface area contributed by atoms with Crippen LogP contribution in [-0.4, -0.2) is 47.4 Å². The summed E-state index contributed by atoms with van der Waals surface area (Å²) in [4.78, 5) is 24.5. The second-order valence-electron chi connectivity index (χ2n) is 20.3. The summed E-state index contributed by atoms with van der Waals surface area (Å²) in [6.45, 7) is 4.86. The molecular formula is C62H115NO5. The lowest BCUT2D eigenvalue weighted by Crippen LogP contribution is -2.45. The fourth-order valence-corrected chi connectivity index (χ4v) is 8.95. The molecule has 0 saturated heterocycles. The number of allylic oxidation sites excluding steroid dienone is 7. The highest BCUT2D eigenvalue weighted by molar-refractivity contribution is 5.76. The van der Waals surface area contributed by atoms with E-state index in [0.29, 0.717) is 19.4 Å². The highest BCUT2D eigenvalue weighted by Gasteiger charge is 2.18.